The first-order valence-electron chi connectivity index (χ1n) is 8.54. The summed E-state index contributed by atoms with van der Waals surface area (Å²) in [5.74, 6) is -1.63. The molecule has 3 N–H and O–H groups in total. The van der Waals surface area contributed by atoms with Gasteiger partial charge in [-0.15, -0.1) is 11.3 Å². The van der Waals surface area contributed by atoms with Crippen molar-refractivity contribution in [2.75, 3.05) is 13.2 Å². The summed E-state index contributed by atoms with van der Waals surface area (Å²) in [5, 5.41) is 16.8. The maximum Gasteiger partial charge on any atom is 0.329 e. The number of rotatable bonds is 6. The van der Waals surface area contributed by atoms with Gasteiger partial charge in [0.2, 0.25) is 0 Å². The molecule has 27 heavy (non-hydrogen) atoms. The highest BCUT2D eigenvalue weighted by Crippen LogP contribution is 2.22. The smallest absolute Gasteiger partial charge is 0.329 e. The molecule has 1 aromatic heterocycles. The van der Waals surface area contributed by atoms with Crippen molar-refractivity contribution >= 4 is 29.1 Å². The van der Waals surface area contributed by atoms with Crippen LogP contribution in [0.25, 0.3) is 0 Å². The van der Waals surface area contributed by atoms with E-state index < -0.39 is 17.4 Å². The fourth-order valence-corrected chi connectivity index (χ4v) is 3.49. The molecule has 2 amide bonds. The molecular formula is C19H20N2O5S. The van der Waals surface area contributed by atoms with Gasteiger partial charge < -0.3 is 20.5 Å². The Labute approximate surface area is 160 Å². The molecule has 7 nitrogen and oxygen atoms in total. The first kappa shape index (κ1) is 19.1. The van der Waals surface area contributed by atoms with Crippen LogP contribution in [-0.4, -0.2) is 41.6 Å². The van der Waals surface area contributed by atoms with Gasteiger partial charge in [-0.1, -0.05) is 18.2 Å². The summed E-state index contributed by atoms with van der Waals surface area (Å²) >= 11 is 1.37. The Kier molecular flexibility index (Phi) is 5.88. The molecular weight excluding hydrogens is 368 g/mol. The van der Waals surface area contributed by atoms with Crippen LogP contribution in [-0.2, 0) is 16.1 Å². The molecule has 1 aliphatic rings. The number of carboxylic acids is 1. The fourth-order valence-electron chi connectivity index (χ4n) is 2.85. The highest BCUT2D eigenvalue weighted by Gasteiger charge is 2.41. The minimum atomic E-state index is -1.29. The van der Waals surface area contributed by atoms with E-state index in [-0.39, 0.29) is 18.7 Å². The minimum Gasteiger partial charge on any atom is -0.480 e. The van der Waals surface area contributed by atoms with Gasteiger partial charge in [0, 0.05) is 38.2 Å². The van der Waals surface area contributed by atoms with Crippen molar-refractivity contribution in [1.82, 2.24) is 10.6 Å². The molecule has 0 unspecified atom stereocenters. The predicted molar refractivity (Wildman–Crippen MR) is 99.8 cm³/mol. The lowest BCUT2D eigenvalue weighted by atomic mass is 9.89. The molecule has 0 saturated carbocycles. The second kappa shape index (κ2) is 8.32. The molecule has 0 aliphatic carbocycles. The number of hydrogen-bond acceptors (Lipinski definition) is 5. The van der Waals surface area contributed by atoms with Gasteiger partial charge in [0.05, 0.1) is 4.88 Å². The summed E-state index contributed by atoms with van der Waals surface area (Å²) in [6, 6.07) is 10.3. The topological polar surface area (TPSA) is 105 Å². The Bertz CT molecular complexity index is 811. The number of carbonyl (C=O) groups excluding carboxylic acids is 2. The highest BCUT2D eigenvalue weighted by molar-refractivity contribution is 7.12. The number of carboxylic acid groups (broad SMARTS) is 1. The van der Waals surface area contributed by atoms with E-state index in [1.807, 2.05) is 11.4 Å². The molecule has 1 fully saturated rings. The Morgan fingerprint density at radius 1 is 1.07 bits per heavy atom. The summed E-state index contributed by atoms with van der Waals surface area (Å²) in [5.41, 5.74) is -0.0752. The summed E-state index contributed by atoms with van der Waals surface area (Å²) < 4.78 is 5.20. The summed E-state index contributed by atoms with van der Waals surface area (Å²) in [6.07, 6.45) is 0.474. The molecule has 0 radical (unpaired) electrons. The monoisotopic (exact) mass is 388 g/mol. The molecule has 3 rings (SSSR count). The van der Waals surface area contributed by atoms with Crippen molar-refractivity contribution in [1.29, 1.82) is 0 Å². The van der Waals surface area contributed by atoms with Gasteiger partial charge >= 0.3 is 5.97 Å². The number of carbonyl (C=O) groups is 3. The third-order valence-corrected chi connectivity index (χ3v) is 5.39. The van der Waals surface area contributed by atoms with Crippen LogP contribution in [0.5, 0.6) is 0 Å². The zero-order valence-electron chi connectivity index (χ0n) is 14.6. The summed E-state index contributed by atoms with van der Waals surface area (Å²) in [6.45, 7) is 0.944. The van der Waals surface area contributed by atoms with Crippen LogP contribution in [0.3, 0.4) is 0 Å². The highest BCUT2D eigenvalue weighted by atomic mass is 32.1. The molecule has 2 aromatic rings. The number of hydrogen-bond donors (Lipinski definition) is 3. The van der Waals surface area contributed by atoms with Gasteiger partial charge in [-0.05, 0) is 29.1 Å². The average molecular weight is 388 g/mol. The van der Waals surface area contributed by atoms with E-state index in [2.05, 4.69) is 10.6 Å². The SMILES string of the molecule is O=C(NC1(C(=O)O)CCOCC1)c1ccc(CNC(=O)c2cccs2)cc1. The van der Waals surface area contributed by atoms with E-state index in [1.165, 1.54) is 11.3 Å². The Hall–Kier alpha value is -2.71. The molecule has 1 saturated heterocycles. The minimum absolute atomic E-state index is 0.144. The number of ether oxygens (including phenoxy) is 1. The standard InChI is InChI=1S/C19H20N2O5S/c22-16(21-19(18(24)25)7-9-26-10-8-19)14-5-3-13(4-6-14)12-20-17(23)15-2-1-11-27-15/h1-6,11H,7-10,12H2,(H,20,23)(H,21,22)(H,24,25). The number of benzene rings is 1. The van der Waals surface area contributed by atoms with Crippen LogP contribution in [0.15, 0.2) is 41.8 Å². The number of aliphatic carboxylic acids is 1. The predicted octanol–water partition coefficient (Wildman–Crippen LogP) is 2.04. The van der Waals surface area contributed by atoms with Crippen LogP contribution in [0.4, 0.5) is 0 Å². The van der Waals surface area contributed by atoms with Gasteiger partial charge in [-0.3, -0.25) is 9.59 Å². The van der Waals surface area contributed by atoms with Crippen molar-refractivity contribution in [2.24, 2.45) is 0 Å². The summed E-state index contributed by atoms with van der Waals surface area (Å²) in [4.78, 5) is 36.7. The third-order valence-electron chi connectivity index (χ3n) is 4.52. The van der Waals surface area contributed by atoms with Crippen molar-refractivity contribution in [2.45, 2.75) is 24.9 Å². The molecule has 0 atom stereocenters. The second-order valence-electron chi connectivity index (χ2n) is 6.31. The van der Waals surface area contributed by atoms with Crippen molar-refractivity contribution in [3.63, 3.8) is 0 Å². The lowest BCUT2D eigenvalue weighted by Gasteiger charge is -2.33. The molecule has 2 heterocycles. The van der Waals surface area contributed by atoms with Crippen molar-refractivity contribution < 1.29 is 24.2 Å². The third kappa shape index (κ3) is 4.53. The van der Waals surface area contributed by atoms with Crippen LogP contribution in [0.1, 0.15) is 38.4 Å². The molecule has 0 bridgehead atoms. The van der Waals surface area contributed by atoms with E-state index in [0.717, 1.165) is 5.56 Å². The molecule has 142 valence electrons. The summed E-state index contributed by atoms with van der Waals surface area (Å²) in [7, 11) is 0. The lowest BCUT2D eigenvalue weighted by Crippen LogP contribution is -2.57. The Morgan fingerprint density at radius 2 is 1.78 bits per heavy atom. The zero-order valence-corrected chi connectivity index (χ0v) is 15.4. The number of thiophene rings is 1. The van der Waals surface area contributed by atoms with E-state index in [1.54, 1.807) is 30.3 Å². The van der Waals surface area contributed by atoms with E-state index >= 15 is 0 Å². The number of nitrogens with one attached hydrogen (secondary N) is 2. The maximum absolute atomic E-state index is 12.5. The van der Waals surface area contributed by atoms with Crippen molar-refractivity contribution in [3.05, 3.63) is 57.8 Å². The quantitative estimate of drug-likeness (QED) is 0.702. The first-order chi connectivity index (χ1) is 13.0. The molecule has 1 aromatic carbocycles. The van der Waals surface area contributed by atoms with Crippen LogP contribution in [0.2, 0.25) is 0 Å². The largest absolute Gasteiger partial charge is 0.480 e. The number of amides is 2. The molecule has 8 heteroatoms. The van der Waals surface area contributed by atoms with Crippen molar-refractivity contribution in [3.8, 4) is 0 Å². The average Bonchev–Trinajstić information content (AvgIpc) is 3.22. The van der Waals surface area contributed by atoms with Crippen LogP contribution >= 0.6 is 11.3 Å². The van der Waals surface area contributed by atoms with E-state index in [9.17, 15) is 19.5 Å². The van der Waals surface area contributed by atoms with E-state index in [0.29, 0.717) is 30.2 Å². The van der Waals surface area contributed by atoms with Crippen LogP contribution in [0, 0.1) is 0 Å². The molecule has 0 spiro atoms. The normalized spacial score (nSPS) is 15.7. The second-order valence-corrected chi connectivity index (χ2v) is 7.26. The first-order valence-corrected chi connectivity index (χ1v) is 9.42. The maximum atomic E-state index is 12.5. The Morgan fingerprint density at radius 3 is 2.37 bits per heavy atom. The van der Waals surface area contributed by atoms with Gasteiger partial charge in [0.1, 0.15) is 5.54 Å². The van der Waals surface area contributed by atoms with Crippen LogP contribution < -0.4 is 10.6 Å². The molecule has 1 aliphatic heterocycles. The lowest BCUT2D eigenvalue weighted by molar-refractivity contribution is -0.148. The Balaban J connectivity index is 1.60. The fraction of sp³-hybridized carbons (Fsp3) is 0.316. The van der Waals surface area contributed by atoms with Gasteiger partial charge in [-0.2, -0.15) is 0 Å². The van der Waals surface area contributed by atoms with Gasteiger partial charge in [0.25, 0.3) is 11.8 Å². The zero-order chi connectivity index (χ0) is 19.3. The van der Waals surface area contributed by atoms with E-state index in [4.69, 9.17) is 4.74 Å². The van der Waals surface area contributed by atoms with Gasteiger partial charge in [-0.25, -0.2) is 4.79 Å². The van der Waals surface area contributed by atoms with Gasteiger partial charge in [0.15, 0.2) is 0 Å².